The smallest absolute Gasteiger partial charge is 0.204 e. The average molecular weight is 272 g/mol. The van der Waals surface area contributed by atoms with E-state index in [-0.39, 0.29) is 0 Å². The Bertz CT molecular complexity index is 502. The molecule has 0 spiro atoms. The highest BCUT2D eigenvalue weighted by Crippen LogP contribution is 2.40. The van der Waals surface area contributed by atoms with Crippen LogP contribution in [0.3, 0.4) is 0 Å². The number of hydrogen-bond acceptors (Lipinski definition) is 1. The first-order valence-corrected chi connectivity index (χ1v) is 5.76. The lowest BCUT2D eigenvalue weighted by molar-refractivity contribution is 0.767. The van der Waals surface area contributed by atoms with E-state index < -0.39 is 0 Å². The molecule has 2 aromatic rings. The van der Waals surface area contributed by atoms with Crippen molar-refractivity contribution in [2.45, 2.75) is 18.9 Å². The summed E-state index contributed by atoms with van der Waals surface area (Å²) in [7, 11) is 0. The molecule has 0 atom stereocenters. The number of halogens is 2. The van der Waals surface area contributed by atoms with Crippen LogP contribution in [0.25, 0.3) is 11.0 Å². The Hall–Kier alpha value is -0.540. The van der Waals surface area contributed by atoms with Crippen LogP contribution in [0.1, 0.15) is 18.9 Å². The average Bonchev–Trinajstić information content (AvgIpc) is 2.89. The Kier molecular flexibility index (Phi) is 1.86. The largest absolute Gasteiger partial charge is 0.312 e. The first-order valence-electron chi connectivity index (χ1n) is 4.59. The summed E-state index contributed by atoms with van der Waals surface area (Å²) >= 11 is 9.52. The summed E-state index contributed by atoms with van der Waals surface area (Å²) in [5.74, 6) is 0. The molecule has 4 heteroatoms. The fourth-order valence-electron chi connectivity index (χ4n) is 1.72. The molecule has 72 valence electrons. The van der Waals surface area contributed by atoms with Gasteiger partial charge in [-0.1, -0.05) is 15.9 Å². The van der Waals surface area contributed by atoms with Crippen LogP contribution in [0.5, 0.6) is 0 Å². The van der Waals surface area contributed by atoms with E-state index in [1.54, 1.807) is 0 Å². The summed E-state index contributed by atoms with van der Waals surface area (Å²) in [6, 6.07) is 6.67. The van der Waals surface area contributed by atoms with Crippen LogP contribution in [0.2, 0.25) is 5.28 Å². The maximum atomic E-state index is 6.09. The summed E-state index contributed by atoms with van der Waals surface area (Å²) < 4.78 is 3.17. The maximum Gasteiger partial charge on any atom is 0.204 e. The fraction of sp³-hybridized carbons (Fsp3) is 0.300. The highest BCUT2D eigenvalue weighted by molar-refractivity contribution is 9.10. The number of nitrogens with zero attached hydrogens (tertiary/aromatic N) is 2. The molecule has 1 aliphatic carbocycles. The molecule has 1 saturated carbocycles. The van der Waals surface area contributed by atoms with E-state index in [2.05, 4.69) is 31.5 Å². The molecule has 1 aromatic carbocycles. The summed E-state index contributed by atoms with van der Waals surface area (Å²) in [5, 5.41) is 0.612. The summed E-state index contributed by atoms with van der Waals surface area (Å²) in [4.78, 5) is 4.33. The van der Waals surface area contributed by atoms with Gasteiger partial charge >= 0.3 is 0 Å². The van der Waals surface area contributed by atoms with Crippen molar-refractivity contribution in [3.8, 4) is 0 Å². The van der Waals surface area contributed by atoms with Crippen molar-refractivity contribution in [3.63, 3.8) is 0 Å². The van der Waals surface area contributed by atoms with Gasteiger partial charge in [0.2, 0.25) is 5.28 Å². The van der Waals surface area contributed by atoms with Gasteiger partial charge in [-0.05, 0) is 42.6 Å². The minimum atomic E-state index is 0.577. The molecule has 0 bridgehead atoms. The minimum absolute atomic E-state index is 0.577. The molecule has 1 aliphatic rings. The molecule has 0 radical (unpaired) electrons. The second-order valence-electron chi connectivity index (χ2n) is 3.62. The third kappa shape index (κ3) is 1.27. The van der Waals surface area contributed by atoms with Gasteiger partial charge in [-0.2, -0.15) is 0 Å². The zero-order chi connectivity index (χ0) is 9.71. The topological polar surface area (TPSA) is 17.8 Å². The van der Waals surface area contributed by atoms with Gasteiger partial charge in [0, 0.05) is 10.5 Å². The van der Waals surface area contributed by atoms with Crippen LogP contribution in [-0.2, 0) is 0 Å². The van der Waals surface area contributed by atoms with Gasteiger partial charge in [-0.15, -0.1) is 0 Å². The number of rotatable bonds is 1. The third-order valence-corrected chi connectivity index (χ3v) is 3.28. The van der Waals surface area contributed by atoms with E-state index >= 15 is 0 Å². The van der Waals surface area contributed by atoms with Crippen LogP contribution in [0, 0.1) is 0 Å². The van der Waals surface area contributed by atoms with Crippen LogP contribution in [-0.4, -0.2) is 9.55 Å². The van der Waals surface area contributed by atoms with Gasteiger partial charge in [0.05, 0.1) is 11.0 Å². The Morgan fingerprint density at radius 3 is 2.93 bits per heavy atom. The molecular weight excluding hydrogens is 263 g/mol. The minimum Gasteiger partial charge on any atom is -0.312 e. The van der Waals surface area contributed by atoms with E-state index in [0.717, 1.165) is 15.5 Å². The molecule has 2 nitrogen and oxygen atoms in total. The Morgan fingerprint density at radius 2 is 2.21 bits per heavy atom. The fourth-order valence-corrected chi connectivity index (χ4v) is 2.39. The Labute approximate surface area is 95.0 Å². The number of imidazole rings is 1. The van der Waals surface area contributed by atoms with Crippen LogP contribution in [0.4, 0.5) is 0 Å². The van der Waals surface area contributed by atoms with Crippen molar-refractivity contribution in [3.05, 3.63) is 28.0 Å². The van der Waals surface area contributed by atoms with Gasteiger partial charge in [0.15, 0.2) is 0 Å². The van der Waals surface area contributed by atoms with Gasteiger partial charge in [-0.3, -0.25) is 0 Å². The van der Waals surface area contributed by atoms with Crippen LogP contribution in [0.15, 0.2) is 22.7 Å². The zero-order valence-corrected chi connectivity index (χ0v) is 9.72. The Balaban J connectivity index is 2.32. The van der Waals surface area contributed by atoms with Gasteiger partial charge in [0.25, 0.3) is 0 Å². The first-order chi connectivity index (χ1) is 6.75. The predicted octanol–water partition coefficient (Wildman–Crippen LogP) is 3.79. The van der Waals surface area contributed by atoms with Gasteiger partial charge in [-0.25, -0.2) is 4.98 Å². The van der Waals surface area contributed by atoms with Crippen LogP contribution >= 0.6 is 27.5 Å². The second kappa shape index (κ2) is 2.97. The first kappa shape index (κ1) is 8.74. The lowest BCUT2D eigenvalue weighted by Gasteiger charge is -2.01. The molecule has 0 aliphatic heterocycles. The molecule has 3 rings (SSSR count). The summed E-state index contributed by atoms with van der Waals surface area (Å²) in [5.41, 5.74) is 2.11. The van der Waals surface area contributed by atoms with Crippen molar-refractivity contribution in [2.24, 2.45) is 0 Å². The number of hydrogen-bond donors (Lipinski definition) is 0. The van der Waals surface area contributed by atoms with Crippen molar-refractivity contribution in [1.82, 2.24) is 9.55 Å². The monoisotopic (exact) mass is 270 g/mol. The molecular formula is C10H8BrClN2. The molecule has 14 heavy (non-hydrogen) atoms. The normalized spacial score (nSPS) is 16.4. The Morgan fingerprint density at radius 1 is 1.43 bits per heavy atom. The van der Waals surface area contributed by atoms with Gasteiger partial charge < -0.3 is 4.57 Å². The van der Waals surface area contributed by atoms with Crippen molar-refractivity contribution in [2.75, 3.05) is 0 Å². The van der Waals surface area contributed by atoms with E-state index in [1.165, 1.54) is 12.8 Å². The molecule has 0 N–H and O–H groups in total. The van der Waals surface area contributed by atoms with Gasteiger partial charge in [0.1, 0.15) is 0 Å². The molecule has 0 amide bonds. The highest BCUT2D eigenvalue weighted by Gasteiger charge is 2.27. The van der Waals surface area contributed by atoms with Crippen LogP contribution < -0.4 is 0 Å². The van der Waals surface area contributed by atoms with E-state index in [9.17, 15) is 0 Å². The summed E-state index contributed by atoms with van der Waals surface area (Å²) in [6.45, 7) is 0. The molecule has 0 unspecified atom stereocenters. The lowest BCUT2D eigenvalue weighted by Crippen LogP contribution is -1.92. The van der Waals surface area contributed by atoms with Crippen molar-refractivity contribution < 1.29 is 0 Å². The maximum absolute atomic E-state index is 6.09. The highest BCUT2D eigenvalue weighted by atomic mass is 79.9. The molecule has 0 saturated heterocycles. The predicted molar refractivity (Wildman–Crippen MR) is 60.7 cm³/mol. The lowest BCUT2D eigenvalue weighted by atomic mass is 10.3. The van der Waals surface area contributed by atoms with Crippen molar-refractivity contribution >= 4 is 38.6 Å². The second-order valence-corrected chi connectivity index (χ2v) is 4.87. The number of fused-ring (bicyclic) bond motifs is 1. The quantitative estimate of drug-likeness (QED) is 0.771. The SMILES string of the molecule is Clc1nc2cc(Br)ccc2n1C1CC1. The summed E-state index contributed by atoms with van der Waals surface area (Å²) in [6.07, 6.45) is 2.45. The molecule has 1 heterocycles. The van der Waals surface area contributed by atoms with E-state index in [1.807, 2.05) is 12.1 Å². The standard InChI is InChI=1S/C10H8BrClN2/c11-6-1-4-9-8(5-6)13-10(12)14(9)7-2-3-7/h1,4-5,7H,2-3H2. The molecule has 1 aromatic heterocycles. The molecule has 1 fully saturated rings. The van der Waals surface area contributed by atoms with E-state index in [0.29, 0.717) is 11.3 Å². The van der Waals surface area contributed by atoms with E-state index in [4.69, 9.17) is 11.6 Å². The third-order valence-electron chi connectivity index (χ3n) is 2.52. The van der Waals surface area contributed by atoms with Crippen molar-refractivity contribution in [1.29, 1.82) is 0 Å². The number of benzene rings is 1. The zero-order valence-electron chi connectivity index (χ0n) is 7.37. The number of aromatic nitrogens is 2.